The molecule has 6 nitrogen and oxygen atoms in total. The van der Waals surface area contributed by atoms with Crippen molar-refractivity contribution in [1.82, 2.24) is 14.5 Å². The Morgan fingerprint density at radius 1 is 1.50 bits per heavy atom. The standard InChI is InChI=1S/C10H11N3O3/c1-13-7-3-6(5-16-2)4-11-8(7)12-9(14)10(13)15/h3-4H,5H2,1-2H3,(H,11,12,14). The largest absolute Gasteiger partial charge is 0.380 e. The second-order valence-electron chi connectivity index (χ2n) is 3.46. The number of ether oxygens (including phenoxy) is 1. The van der Waals surface area contributed by atoms with E-state index in [2.05, 4.69) is 9.97 Å². The first-order valence-electron chi connectivity index (χ1n) is 4.70. The molecular formula is C10H11N3O3. The molecule has 16 heavy (non-hydrogen) atoms. The number of aromatic nitrogens is 3. The van der Waals surface area contributed by atoms with Crippen LogP contribution in [0, 0.1) is 0 Å². The highest BCUT2D eigenvalue weighted by atomic mass is 16.5. The maximum absolute atomic E-state index is 11.4. The van der Waals surface area contributed by atoms with Gasteiger partial charge in [0.15, 0.2) is 5.65 Å². The lowest BCUT2D eigenvalue weighted by Gasteiger charge is -2.05. The van der Waals surface area contributed by atoms with Crippen molar-refractivity contribution < 1.29 is 4.74 Å². The van der Waals surface area contributed by atoms with Gasteiger partial charge in [0.2, 0.25) is 0 Å². The molecule has 0 amide bonds. The average molecular weight is 221 g/mol. The quantitative estimate of drug-likeness (QED) is 0.710. The fraction of sp³-hybridized carbons (Fsp3) is 0.300. The van der Waals surface area contributed by atoms with Gasteiger partial charge in [-0.2, -0.15) is 0 Å². The number of H-pyrrole nitrogens is 1. The smallest absolute Gasteiger partial charge is 0.316 e. The van der Waals surface area contributed by atoms with Crippen LogP contribution in [0.3, 0.4) is 0 Å². The van der Waals surface area contributed by atoms with E-state index in [1.54, 1.807) is 19.4 Å². The Morgan fingerprint density at radius 3 is 2.94 bits per heavy atom. The van der Waals surface area contributed by atoms with Crippen molar-refractivity contribution in [2.45, 2.75) is 6.61 Å². The van der Waals surface area contributed by atoms with E-state index in [0.717, 1.165) is 5.56 Å². The zero-order valence-electron chi connectivity index (χ0n) is 8.98. The number of hydrogen-bond acceptors (Lipinski definition) is 4. The lowest BCUT2D eigenvalue weighted by Crippen LogP contribution is -2.35. The minimum atomic E-state index is -0.665. The fourth-order valence-electron chi connectivity index (χ4n) is 1.52. The van der Waals surface area contributed by atoms with Crippen molar-refractivity contribution in [3.8, 4) is 0 Å². The van der Waals surface area contributed by atoms with E-state index < -0.39 is 11.1 Å². The van der Waals surface area contributed by atoms with Gasteiger partial charge in [-0.1, -0.05) is 0 Å². The number of nitrogens with one attached hydrogen (secondary N) is 1. The van der Waals surface area contributed by atoms with E-state index in [1.165, 1.54) is 11.6 Å². The highest BCUT2D eigenvalue weighted by Gasteiger charge is 2.05. The van der Waals surface area contributed by atoms with E-state index in [0.29, 0.717) is 17.8 Å². The van der Waals surface area contributed by atoms with Crippen LogP contribution in [0.5, 0.6) is 0 Å². The topological polar surface area (TPSA) is 77.0 Å². The number of aromatic amines is 1. The molecule has 2 aromatic heterocycles. The van der Waals surface area contributed by atoms with Gasteiger partial charge in [-0.3, -0.25) is 9.59 Å². The van der Waals surface area contributed by atoms with Crippen LogP contribution in [-0.4, -0.2) is 21.6 Å². The van der Waals surface area contributed by atoms with Gasteiger partial charge in [0.1, 0.15) is 0 Å². The average Bonchev–Trinajstić information content (AvgIpc) is 2.28. The third-order valence-corrected chi connectivity index (χ3v) is 2.33. The third kappa shape index (κ3) is 1.63. The van der Waals surface area contributed by atoms with Crippen LogP contribution in [0.2, 0.25) is 0 Å². The van der Waals surface area contributed by atoms with E-state index >= 15 is 0 Å². The summed E-state index contributed by atoms with van der Waals surface area (Å²) in [5, 5.41) is 0. The van der Waals surface area contributed by atoms with Crippen molar-refractivity contribution in [3.05, 3.63) is 38.5 Å². The van der Waals surface area contributed by atoms with Gasteiger partial charge >= 0.3 is 11.1 Å². The predicted octanol–water partition coefficient (Wildman–Crippen LogP) is -0.232. The van der Waals surface area contributed by atoms with Crippen molar-refractivity contribution in [3.63, 3.8) is 0 Å². The maximum atomic E-state index is 11.4. The summed E-state index contributed by atoms with van der Waals surface area (Å²) < 4.78 is 6.25. The molecule has 1 N–H and O–H groups in total. The first kappa shape index (κ1) is 10.6. The molecule has 0 aliphatic rings. The van der Waals surface area contributed by atoms with Crippen LogP contribution in [0.25, 0.3) is 11.2 Å². The molecule has 6 heteroatoms. The first-order chi connectivity index (χ1) is 7.63. The Hall–Kier alpha value is -1.95. The summed E-state index contributed by atoms with van der Waals surface area (Å²) in [4.78, 5) is 29.1. The summed E-state index contributed by atoms with van der Waals surface area (Å²) >= 11 is 0. The summed E-state index contributed by atoms with van der Waals surface area (Å²) in [5.41, 5.74) is 0.564. The van der Waals surface area contributed by atoms with E-state index in [-0.39, 0.29) is 0 Å². The molecule has 0 fully saturated rings. The highest BCUT2D eigenvalue weighted by Crippen LogP contribution is 2.08. The minimum Gasteiger partial charge on any atom is -0.380 e. The van der Waals surface area contributed by atoms with Crippen LogP contribution >= 0.6 is 0 Å². The fourth-order valence-corrected chi connectivity index (χ4v) is 1.52. The molecule has 0 aromatic carbocycles. The summed E-state index contributed by atoms with van der Waals surface area (Å²) in [6, 6.07) is 1.77. The zero-order chi connectivity index (χ0) is 11.7. The second-order valence-corrected chi connectivity index (χ2v) is 3.46. The third-order valence-electron chi connectivity index (χ3n) is 2.33. The molecule has 2 aromatic rings. The van der Waals surface area contributed by atoms with Gasteiger partial charge in [0.25, 0.3) is 0 Å². The SMILES string of the molecule is COCc1cnc2[nH]c(=O)c(=O)n(C)c2c1. The first-order valence-corrected chi connectivity index (χ1v) is 4.70. The molecule has 0 aliphatic heterocycles. The molecule has 2 heterocycles. The molecule has 0 saturated heterocycles. The van der Waals surface area contributed by atoms with Crippen LogP contribution in [0.1, 0.15) is 5.56 Å². The van der Waals surface area contributed by atoms with E-state index in [9.17, 15) is 9.59 Å². The molecule has 2 rings (SSSR count). The summed E-state index contributed by atoms with van der Waals surface area (Å²) in [5.74, 6) is 0. The number of aryl methyl sites for hydroxylation is 1. The predicted molar refractivity (Wildman–Crippen MR) is 58.3 cm³/mol. The Morgan fingerprint density at radius 2 is 2.25 bits per heavy atom. The number of rotatable bonds is 2. The normalized spacial score (nSPS) is 10.9. The number of fused-ring (bicyclic) bond motifs is 1. The van der Waals surface area contributed by atoms with Crippen molar-refractivity contribution in [1.29, 1.82) is 0 Å². The number of nitrogens with zero attached hydrogens (tertiary/aromatic N) is 2. The molecular weight excluding hydrogens is 210 g/mol. The van der Waals surface area contributed by atoms with Crippen LogP contribution < -0.4 is 11.1 Å². The number of methoxy groups -OCH3 is 1. The summed E-state index contributed by atoms with van der Waals surface area (Å²) in [7, 11) is 3.12. The Bertz CT molecular complexity index is 642. The lowest BCUT2D eigenvalue weighted by molar-refractivity contribution is 0.184. The van der Waals surface area contributed by atoms with Crippen molar-refractivity contribution in [2.24, 2.45) is 7.05 Å². The molecule has 0 aliphatic carbocycles. The highest BCUT2D eigenvalue weighted by molar-refractivity contribution is 5.70. The molecule has 0 bridgehead atoms. The van der Waals surface area contributed by atoms with Crippen molar-refractivity contribution in [2.75, 3.05) is 7.11 Å². The molecule has 0 atom stereocenters. The Labute approximate surface area is 90.5 Å². The summed E-state index contributed by atoms with van der Waals surface area (Å²) in [6.07, 6.45) is 1.60. The summed E-state index contributed by atoms with van der Waals surface area (Å²) in [6.45, 7) is 0.413. The number of pyridine rings is 1. The number of hydrogen-bond donors (Lipinski definition) is 1. The van der Waals surface area contributed by atoms with Gasteiger partial charge in [0, 0.05) is 20.4 Å². The molecule has 0 spiro atoms. The molecule has 0 unspecified atom stereocenters. The molecule has 84 valence electrons. The van der Waals surface area contributed by atoms with Crippen molar-refractivity contribution >= 4 is 11.2 Å². The molecule has 0 saturated carbocycles. The second kappa shape index (κ2) is 3.90. The van der Waals surface area contributed by atoms with Gasteiger partial charge in [-0.15, -0.1) is 0 Å². The minimum absolute atomic E-state index is 0.395. The van der Waals surface area contributed by atoms with Crippen LogP contribution in [0.15, 0.2) is 21.9 Å². The van der Waals surface area contributed by atoms with Gasteiger partial charge < -0.3 is 14.3 Å². The monoisotopic (exact) mass is 221 g/mol. The van der Waals surface area contributed by atoms with Crippen LogP contribution in [-0.2, 0) is 18.4 Å². The molecule has 0 radical (unpaired) electrons. The Balaban J connectivity index is 2.78. The lowest BCUT2D eigenvalue weighted by atomic mass is 10.3. The Kier molecular flexibility index (Phi) is 2.57. The van der Waals surface area contributed by atoms with E-state index in [4.69, 9.17) is 4.74 Å². The van der Waals surface area contributed by atoms with Gasteiger partial charge in [-0.25, -0.2) is 4.98 Å². The maximum Gasteiger partial charge on any atom is 0.316 e. The van der Waals surface area contributed by atoms with Gasteiger partial charge in [0.05, 0.1) is 12.1 Å². The van der Waals surface area contributed by atoms with E-state index in [1.807, 2.05) is 0 Å². The van der Waals surface area contributed by atoms with Crippen LogP contribution in [0.4, 0.5) is 0 Å². The van der Waals surface area contributed by atoms with Gasteiger partial charge in [-0.05, 0) is 11.6 Å². The zero-order valence-corrected chi connectivity index (χ0v) is 8.98.